The molecule has 0 radical (unpaired) electrons. The summed E-state index contributed by atoms with van der Waals surface area (Å²) in [4.78, 5) is 23.2. The van der Waals surface area contributed by atoms with Crippen molar-refractivity contribution in [2.75, 3.05) is 18.4 Å². The van der Waals surface area contributed by atoms with Crippen LogP contribution in [0.25, 0.3) is 0 Å². The van der Waals surface area contributed by atoms with Crippen molar-refractivity contribution in [2.24, 2.45) is 9.98 Å². The highest BCUT2D eigenvalue weighted by atomic mass is 16.4. The van der Waals surface area contributed by atoms with E-state index in [1.54, 1.807) is 13.3 Å². The molecule has 1 aromatic carbocycles. The van der Waals surface area contributed by atoms with E-state index in [0.717, 1.165) is 6.54 Å². The predicted molar refractivity (Wildman–Crippen MR) is 87.4 cm³/mol. The number of amides is 1. The molecule has 122 valence electrons. The van der Waals surface area contributed by atoms with Gasteiger partial charge in [0, 0.05) is 18.3 Å². The van der Waals surface area contributed by atoms with E-state index >= 15 is 0 Å². The zero-order valence-corrected chi connectivity index (χ0v) is 12.8. The average molecular weight is 326 g/mol. The molecule has 0 fully saturated rings. The third kappa shape index (κ3) is 2.11. The minimum atomic E-state index is -0.394. The Morgan fingerprint density at radius 3 is 2.96 bits per heavy atom. The third-order valence-corrected chi connectivity index (χ3v) is 3.94. The lowest BCUT2D eigenvalue weighted by molar-refractivity contribution is 0.102. The summed E-state index contributed by atoms with van der Waals surface area (Å²) in [5.74, 6) is 0.520. The third-order valence-electron chi connectivity index (χ3n) is 3.94. The molecule has 0 bridgehead atoms. The van der Waals surface area contributed by atoms with Gasteiger partial charge in [0.15, 0.2) is 11.5 Å². The molecule has 2 aliphatic rings. The number of benzene rings is 1. The highest BCUT2D eigenvalue weighted by Gasteiger charge is 2.33. The second-order valence-corrected chi connectivity index (χ2v) is 5.51. The minimum Gasteiger partial charge on any atom is -0.504 e. The topological polar surface area (TPSA) is 111 Å². The van der Waals surface area contributed by atoms with E-state index in [1.807, 2.05) is 4.90 Å². The van der Waals surface area contributed by atoms with E-state index in [2.05, 4.69) is 15.3 Å². The van der Waals surface area contributed by atoms with Crippen molar-refractivity contribution in [3.63, 3.8) is 0 Å². The lowest BCUT2D eigenvalue weighted by Gasteiger charge is -2.18. The number of aromatic hydroxyl groups is 2. The lowest BCUT2D eigenvalue weighted by atomic mass is 10.1. The first-order valence-electron chi connectivity index (χ1n) is 7.37. The molecule has 1 aromatic heterocycles. The summed E-state index contributed by atoms with van der Waals surface area (Å²) < 4.78 is 5.59. The summed E-state index contributed by atoms with van der Waals surface area (Å²) in [6.07, 6.45) is 1.65. The van der Waals surface area contributed by atoms with Gasteiger partial charge in [0.05, 0.1) is 17.7 Å². The van der Waals surface area contributed by atoms with E-state index in [9.17, 15) is 15.0 Å². The Bertz CT molecular complexity index is 913. The average Bonchev–Trinajstić information content (AvgIpc) is 3.13. The molecule has 2 aromatic rings. The van der Waals surface area contributed by atoms with E-state index in [4.69, 9.17) is 4.42 Å². The van der Waals surface area contributed by atoms with E-state index < -0.39 is 5.91 Å². The molecule has 24 heavy (non-hydrogen) atoms. The van der Waals surface area contributed by atoms with Crippen molar-refractivity contribution in [1.29, 1.82) is 0 Å². The number of hydrogen-bond donors (Lipinski definition) is 3. The molecule has 4 rings (SSSR count). The maximum absolute atomic E-state index is 12.7. The number of carbonyl (C=O) groups is 1. The fraction of sp³-hybridized carbons (Fsp3) is 0.188. The lowest BCUT2D eigenvalue weighted by Crippen LogP contribution is -2.30. The number of rotatable bonds is 2. The summed E-state index contributed by atoms with van der Waals surface area (Å²) in [5.41, 5.74) is 1.29. The van der Waals surface area contributed by atoms with Crippen molar-refractivity contribution in [3.8, 4) is 11.5 Å². The first-order chi connectivity index (χ1) is 11.5. The molecule has 3 N–H and O–H groups in total. The summed E-state index contributed by atoms with van der Waals surface area (Å²) in [6, 6.07) is 4.06. The van der Waals surface area contributed by atoms with Crippen molar-refractivity contribution < 1.29 is 19.4 Å². The van der Waals surface area contributed by atoms with Gasteiger partial charge in [0.2, 0.25) is 5.88 Å². The van der Waals surface area contributed by atoms with Gasteiger partial charge in [-0.2, -0.15) is 0 Å². The number of nitrogens with one attached hydrogen (secondary N) is 1. The fourth-order valence-electron chi connectivity index (χ4n) is 2.81. The molecular formula is C16H14N4O4. The van der Waals surface area contributed by atoms with Gasteiger partial charge in [-0.05, 0) is 19.1 Å². The van der Waals surface area contributed by atoms with Crippen LogP contribution in [-0.4, -0.2) is 46.3 Å². The maximum atomic E-state index is 12.7. The van der Waals surface area contributed by atoms with Crippen molar-refractivity contribution in [3.05, 3.63) is 35.1 Å². The van der Waals surface area contributed by atoms with E-state index in [1.165, 1.54) is 18.2 Å². The Kier molecular flexibility index (Phi) is 3.05. The molecule has 8 nitrogen and oxygen atoms in total. The first kappa shape index (κ1) is 14.3. The van der Waals surface area contributed by atoms with Crippen LogP contribution in [0.4, 0.5) is 11.6 Å². The van der Waals surface area contributed by atoms with Crippen LogP contribution in [0, 0.1) is 6.92 Å². The number of furan rings is 1. The van der Waals surface area contributed by atoms with Crippen LogP contribution < -0.4 is 5.32 Å². The van der Waals surface area contributed by atoms with Crippen LogP contribution in [0.1, 0.15) is 21.7 Å². The van der Waals surface area contributed by atoms with Gasteiger partial charge in [-0.3, -0.25) is 9.79 Å². The molecule has 0 spiro atoms. The second-order valence-electron chi connectivity index (χ2n) is 5.51. The molecular weight excluding hydrogens is 312 g/mol. The minimum absolute atomic E-state index is 0.254. The Labute approximate surface area is 136 Å². The number of nitrogens with zero attached hydrogens (tertiary/aromatic N) is 3. The Hall–Kier alpha value is -3.29. The number of amidine groups is 1. The summed E-state index contributed by atoms with van der Waals surface area (Å²) in [5, 5.41) is 21.6. The normalized spacial score (nSPS) is 15.0. The number of carbonyl (C=O) groups excluding carboxylic acids is 1. The van der Waals surface area contributed by atoms with E-state index in [0.29, 0.717) is 40.8 Å². The molecule has 0 atom stereocenters. The van der Waals surface area contributed by atoms with E-state index in [-0.39, 0.29) is 11.5 Å². The van der Waals surface area contributed by atoms with Crippen LogP contribution in [-0.2, 0) is 0 Å². The number of fused-ring (bicyclic) bond motifs is 3. The van der Waals surface area contributed by atoms with Crippen LogP contribution in [0.2, 0.25) is 0 Å². The SMILES string of the molecule is Cc1oc2c(c1C(=O)Nc1ccc(O)c(O)c1)C1=NCCN1C=N2. The molecule has 0 saturated heterocycles. The number of aryl methyl sites for hydroxylation is 1. The Morgan fingerprint density at radius 1 is 1.33 bits per heavy atom. The van der Waals surface area contributed by atoms with Crippen LogP contribution in [0.15, 0.2) is 32.6 Å². The summed E-state index contributed by atoms with van der Waals surface area (Å²) in [6.45, 7) is 3.05. The molecule has 0 saturated carbocycles. The first-order valence-corrected chi connectivity index (χ1v) is 7.37. The van der Waals surface area contributed by atoms with Gasteiger partial charge in [-0.25, -0.2) is 4.99 Å². The van der Waals surface area contributed by atoms with Crippen LogP contribution >= 0.6 is 0 Å². The van der Waals surface area contributed by atoms with Gasteiger partial charge in [-0.15, -0.1) is 0 Å². The van der Waals surface area contributed by atoms with Crippen molar-refractivity contribution in [2.45, 2.75) is 6.92 Å². The molecule has 0 aliphatic carbocycles. The smallest absolute Gasteiger partial charge is 0.260 e. The number of hydrogen-bond acceptors (Lipinski definition) is 7. The zero-order valence-electron chi connectivity index (χ0n) is 12.8. The van der Waals surface area contributed by atoms with Gasteiger partial charge >= 0.3 is 0 Å². The largest absolute Gasteiger partial charge is 0.504 e. The van der Waals surface area contributed by atoms with Gasteiger partial charge in [-0.1, -0.05) is 0 Å². The molecule has 0 unspecified atom stereocenters. The fourth-order valence-corrected chi connectivity index (χ4v) is 2.81. The number of phenolic OH excluding ortho intramolecular Hbond substituents is 2. The molecule has 8 heteroatoms. The number of aliphatic imine (C=N–C) groups is 2. The molecule has 1 amide bonds. The van der Waals surface area contributed by atoms with Gasteiger partial charge in [0.1, 0.15) is 17.9 Å². The number of anilines is 1. The standard InChI is InChI=1S/C16H14N4O4/c1-8-12(15(23)19-9-2-3-10(21)11(22)6-9)13-14-17-4-5-20(14)7-18-16(13)24-8/h2-3,6-7,21-22H,4-5H2,1H3,(H,19,23). The zero-order chi connectivity index (χ0) is 16.8. The van der Waals surface area contributed by atoms with Crippen molar-refractivity contribution in [1.82, 2.24) is 4.90 Å². The highest BCUT2D eigenvalue weighted by Crippen LogP contribution is 2.35. The van der Waals surface area contributed by atoms with Gasteiger partial charge in [0.25, 0.3) is 5.91 Å². The number of phenols is 2. The van der Waals surface area contributed by atoms with Crippen LogP contribution in [0.5, 0.6) is 11.5 Å². The molecule has 3 heterocycles. The molecule has 2 aliphatic heterocycles. The van der Waals surface area contributed by atoms with Crippen LogP contribution in [0.3, 0.4) is 0 Å². The monoisotopic (exact) mass is 326 g/mol. The summed E-state index contributed by atoms with van der Waals surface area (Å²) >= 11 is 0. The second kappa shape index (κ2) is 5.12. The maximum Gasteiger partial charge on any atom is 0.260 e. The Morgan fingerprint density at radius 2 is 2.17 bits per heavy atom. The predicted octanol–water partition coefficient (Wildman–Crippen LogP) is 1.99. The Balaban J connectivity index is 1.72. The summed E-state index contributed by atoms with van der Waals surface area (Å²) in [7, 11) is 0. The quantitative estimate of drug-likeness (QED) is 0.577. The van der Waals surface area contributed by atoms with Crippen molar-refractivity contribution >= 4 is 29.7 Å². The van der Waals surface area contributed by atoms with Gasteiger partial charge < -0.3 is 24.8 Å². The highest BCUT2D eigenvalue weighted by molar-refractivity contribution is 6.19.